The van der Waals surface area contributed by atoms with Crippen LogP contribution in [0.5, 0.6) is 0 Å². The molecule has 0 radical (unpaired) electrons. The molecule has 3 aliphatic heterocycles. The SMILES string of the molecule is CCCCNC(=O)C1N([C@@H](CO)[C@@H](C)CC)C(=O)[C@@H]2[C@H](C(=O)NCCC)[C@H]3SC12CC3Br. The molecule has 3 aliphatic rings. The molecule has 0 aliphatic carbocycles. The second-order valence-electron chi connectivity index (χ2n) is 9.48. The van der Waals surface area contributed by atoms with Gasteiger partial charge in [0.15, 0.2) is 0 Å². The zero-order valence-electron chi connectivity index (χ0n) is 19.6. The lowest BCUT2D eigenvalue weighted by Crippen LogP contribution is -2.58. The van der Waals surface area contributed by atoms with Crippen molar-refractivity contribution in [3.8, 4) is 0 Å². The van der Waals surface area contributed by atoms with Crippen molar-refractivity contribution in [2.45, 2.75) is 86.7 Å². The number of hydrogen-bond acceptors (Lipinski definition) is 5. The summed E-state index contributed by atoms with van der Waals surface area (Å²) in [5.74, 6) is -1.36. The summed E-state index contributed by atoms with van der Waals surface area (Å²) in [6, 6.07) is -1.12. The van der Waals surface area contributed by atoms with Crippen LogP contribution in [0.25, 0.3) is 0 Å². The van der Waals surface area contributed by atoms with Gasteiger partial charge in [0, 0.05) is 23.2 Å². The van der Waals surface area contributed by atoms with Gasteiger partial charge in [0.25, 0.3) is 0 Å². The number of aliphatic hydroxyl groups excluding tert-OH is 1. The predicted molar refractivity (Wildman–Crippen MR) is 131 cm³/mol. The molecule has 3 fully saturated rings. The molecule has 7 nitrogen and oxygen atoms in total. The monoisotopic (exact) mass is 531 g/mol. The second kappa shape index (κ2) is 10.6. The average Bonchev–Trinajstić information content (AvgIpc) is 3.36. The molecular weight excluding hydrogens is 494 g/mol. The van der Waals surface area contributed by atoms with Gasteiger partial charge < -0.3 is 20.6 Å². The summed E-state index contributed by atoms with van der Waals surface area (Å²) >= 11 is 5.41. The highest BCUT2D eigenvalue weighted by Crippen LogP contribution is 2.68. The molecule has 1 spiro atoms. The van der Waals surface area contributed by atoms with E-state index in [1.54, 1.807) is 16.7 Å². The van der Waals surface area contributed by atoms with E-state index in [1.807, 2.05) is 20.8 Å². The maximum absolute atomic E-state index is 14.0. The van der Waals surface area contributed by atoms with E-state index in [0.29, 0.717) is 19.5 Å². The van der Waals surface area contributed by atoms with Crippen molar-refractivity contribution in [2.24, 2.45) is 17.8 Å². The van der Waals surface area contributed by atoms with Crippen LogP contribution < -0.4 is 10.6 Å². The van der Waals surface area contributed by atoms with Crippen LogP contribution in [0, 0.1) is 17.8 Å². The van der Waals surface area contributed by atoms with E-state index in [0.717, 1.165) is 25.7 Å². The molecule has 3 unspecified atom stereocenters. The first kappa shape index (κ1) is 25.8. The Labute approximate surface area is 204 Å². The third-order valence-electron chi connectivity index (χ3n) is 7.50. The number of alkyl halides is 1. The Bertz CT molecular complexity index is 725. The molecule has 9 heteroatoms. The number of nitrogens with one attached hydrogen (secondary N) is 2. The fraction of sp³-hybridized carbons (Fsp3) is 0.870. The summed E-state index contributed by atoms with van der Waals surface area (Å²) in [4.78, 5) is 42.4. The highest BCUT2D eigenvalue weighted by Gasteiger charge is 2.76. The van der Waals surface area contributed by atoms with Gasteiger partial charge in [-0.25, -0.2) is 0 Å². The molecule has 3 N–H and O–H groups in total. The number of unbranched alkanes of at least 4 members (excludes halogenated alkanes) is 1. The van der Waals surface area contributed by atoms with Gasteiger partial charge in [-0.1, -0.05) is 56.5 Å². The Hall–Kier alpha value is -0.800. The van der Waals surface area contributed by atoms with Crippen LogP contribution >= 0.6 is 27.7 Å². The van der Waals surface area contributed by atoms with Crippen molar-refractivity contribution in [1.29, 1.82) is 0 Å². The molecule has 8 atom stereocenters. The fourth-order valence-electron chi connectivity index (χ4n) is 5.69. The van der Waals surface area contributed by atoms with Crippen molar-refractivity contribution in [3.05, 3.63) is 0 Å². The molecule has 2 bridgehead atoms. The van der Waals surface area contributed by atoms with E-state index in [1.165, 1.54) is 0 Å². The number of rotatable bonds is 11. The van der Waals surface area contributed by atoms with E-state index in [2.05, 4.69) is 33.5 Å². The van der Waals surface area contributed by atoms with Crippen LogP contribution in [-0.2, 0) is 14.4 Å². The van der Waals surface area contributed by atoms with Crippen molar-refractivity contribution in [1.82, 2.24) is 15.5 Å². The van der Waals surface area contributed by atoms with Crippen molar-refractivity contribution in [2.75, 3.05) is 19.7 Å². The van der Waals surface area contributed by atoms with Gasteiger partial charge in [-0.3, -0.25) is 14.4 Å². The maximum atomic E-state index is 14.0. The molecular formula is C23H38BrN3O4S. The van der Waals surface area contributed by atoms with Gasteiger partial charge in [-0.05, 0) is 25.2 Å². The Kier molecular flexibility index (Phi) is 8.58. The van der Waals surface area contributed by atoms with E-state index in [9.17, 15) is 19.5 Å². The van der Waals surface area contributed by atoms with Gasteiger partial charge in [-0.15, -0.1) is 11.8 Å². The summed E-state index contributed by atoms with van der Waals surface area (Å²) < 4.78 is -0.651. The van der Waals surface area contributed by atoms with Crippen molar-refractivity contribution in [3.63, 3.8) is 0 Å². The number of halogens is 1. The average molecular weight is 533 g/mol. The number of carbonyl (C=O) groups is 3. The molecule has 3 saturated heterocycles. The third-order valence-corrected chi connectivity index (χ3v) is 10.7. The summed E-state index contributed by atoms with van der Waals surface area (Å²) in [5.41, 5.74) is 0. The van der Waals surface area contributed by atoms with Gasteiger partial charge in [0.05, 0.1) is 29.2 Å². The van der Waals surface area contributed by atoms with E-state index >= 15 is 0 Å². The largest absolute Gasteiger partial charge is 0.394 e. The van der Waals surface area contributed by atoms with E-state index in [4.69, 9.17) is 0 Å². The molecule has 3 heterocycles. The number of fused-ring (bicyclic) bond motifs is 1. The van der Waals surface area contributed by atoms with Crippen LogP contribution in [0.2, 0.25) is 0 Å². The van der Waals surface area contributed by atoms with E-state index in [-0.39, 0.29) is 40.3 Å². The van der Waals surface area contributed by atoms with Crippen LogP contribution in [0.3, 0.4) is 0 Å². The van der Waals surface area contributed by atoms with Gasteiger partial charge in [-0.2, -0.15) is 0 Å². The van der Waals surface area contributed by atoms with E-state index < -0.39 is 28.7 Å². The fourth-order valence-corrected chi connectivity index (χ4v) is 9.29. The first-order valence-corrected chi connectivity index (χ1v) is 13.9. The minimum Gasteiger partial charge on any atom is -0.394 e. The Morgan fingerprint density at radius 1 is 1.22 bits per heavy atom. The zero-order valence-corrected chi connectivity index (χ0v) is 22.0. The predicted octanol–water partition coefficient (Wildman–Crippen LogP) is 2.30. The lowest BCUT2D eigenvalue weighted by atomic mass is 9.70. The molecule has 0 saturated carbocycles. The lowest BCUT2D eigenvalue weighted by molar-refractivity contribution is -0.143. The summed E-state index contributed by atoms with van der Waals surface area (Å²) in [6.07, 6.45) is 4.11. The number of thioether (sulfide) groups is 1. The maximum Gasteiger partial charge on any atom is 0.244 e. The summed E-state index contributed by atoms with van der Waals surface area (Å²) in [6.45, 7) is 9.05. The second-order valence-corrected chi connectivity index (χ2v) is 12.2. The molecule has 3 amide bonds. The minimum absolute atomic E-state index is 0.0370. The van der Waals surface area contributed by atoms with Crippen molar-refractivity contribution < 1.29 is 19.5 Å². The molecule has 0 aromatic carbocycles. The number of likely N-dealkylation sites (tertiary alicyclic amines) is 1. The van der Waals surface area contributed by atoms with Gasteiger partial charge in [0.2, 0.25) is 17.7 Å². The van der Waals surface area contributed by atoms with Crippen LogP contribution in [0.4, 0.5) is 0 Å². The first-order valence-electron chi connectivity index (χ1n) is 12.1. The Balaban J connectivity index is 2.03. The molecule has 182 valence electrons. The number of carbonyl (C=O) groups excluding carboxylic acids is 3. The van der Waals surface area contributed by atoms with Crippen molar-refractivity contribution >= 4 is 45.4 Å². The van der Waals surface area contributed by atoms with Crippen LogP contribution in [0.1, 0.15) is 59.8 Å². The van der Waals surface area contributed by atoms with Crippen LogP contribution in [-0.4, -0.2) is 74.3 Å². The summed E-state index contributed by atoms with van der Waals surface area (Å²) in [7, 11) is 0. The molecule has 32 heavy (non-hydrogen) atoms. The zero-order chi connectivity index (χ0) is 23.6. The first-order chi connectivity index (χ1) is 15.3. The topological polar surface area (TPSA) is 98.7 Å². The minimum atomic E-state index is -0.679. The number of hydrogen-bond donors (Lipinski definition) is 3. The standard InChI is InChI=1S/C23H38BrN3O4S/c1-5-8-10-26-21(30)19-23-11-14(24)18(32-23)16(20(29)25-9-6-2)17(23)22(31)27(19)15(12-28)13(4)7-3/h13-19,28H,5-12H2,1-4H3,(H,25,29)(H,26,30)/t13-,14?,15-,16-,17-,18-,19?,23?/m0/s1. The quantitative estimate of drug-likeness (QED) is 0.280. The van der Waals surface area contributed by atoms with Gasteiger partial charge >= 0.3 is 0 Å². The normalized spacial score (nSPS) is 35.0. The Morgan fingerprint density at radius 2 is 1.91 bits per heavy atom. The number of amides is 3. The number of nitrogens with zero attached hydrogens (tertiary/aromatic N) is 1. The highest BCUT2D eigenvalue weighted by molar-refractivity contribution is 9.09. The van der Waals surface area contributed by atoms with Gasteiger partial charge in [0.1, 0.15) is 6.04 Å². The Morgan fingerprint density at radius 3 is 2.50 bits per heavy atom. The molecule has 0 aromatic heterocycles. The number of aliphatic hydroxyl groups is 1. The van der Waals surface area contributed by atoms with Crippen LogP contribution in [0.15, 0.2) is 0 Å². The lowest BCUT2D eigenvalue weighted by Gasteiger charge is -2.39. The molecule has 0 aromatic rings. The molecule has 3 rings (SSSR count). The third kappa shape index (κ3) is 4.22. The highest BCUT2D eigenvalue weighted by atomic mass is 79.9. The summed E-state index contributed by atoms with van der Waals surface area (Å²) in [5, 5.41) is 16.3. The smallest absolute Gasteiger partial charge is 0.244 e.